The number of nitrogens with two attached hydrogens (primary N) is 3. The molecule has 2 aromatic rings. The van der Waals surface area contributed by atoms with E-state index in [-0.39, 0.29) is 23.4 Å². The van der Waals surface area contributed by atoms with Crippen molar-refractivity contribution in [1.29, 1.82) is 0 Å². The quantitative estimate of drug-likeness (QED) is 0.389. The van der Waals surface area contributed by atoms with Crippen molar-refractivity contribution in [3.05, 3.63) is 10.1 Å². The Morgan fingerprint density at radius 3 is 2.53 bits per heavy atom. The van der Waals surface area contributed by atoms with Gasteiger partial charge in [0, 0.05) is 0 Å². The van der Waals surface area contributed by atoms with Crippen LogP contribution in [0.3, 0.4) is 0 Å². The number of anilines is 3. The highest BCUT2D eigenvalue weighted by Crippen LogP contribution is 2.26. The Labute approximate surface area is 81.8 Å². The maximum atomic E-state index is 10.6. The summed E-state index contributed by atoms with van der Waals surface area (Å²) < 4.78 is 0.962. The van der Waals surface area contributed by atoms with E-state index in [2.05, 4.69) is 15.1 Å². The number of hydrogen-bond donors (Lipinski definition) is 3. The van der Waals surface area contributed by atoms with Crippen LogP contribution >= 0.6 is 0 Å². The van der Waals surface area contributed by atoms with Gasteiger partial charge >= 0.3 is 5.69 Å². The fourth-order valence-electron chi connectivity index (χ4n) is 1.15. The van der Waals surface area contributed by atoms with Crippen LogP contribution in [0, 0.1) is 10.1 Å². The Bertz CT molecular complexity index is 560. The fourth-order valence-corrected chi connectivity index (χ4v) is 1.15. The molecular weight excluding hydrogens is 204 g/mol. The summed E-state index contributed by atoms with van der Waals surface area (Å²) in [6.07, 6.45) is 0. The summed E-state index contributed by atoms with van der Waals surface area (Å²) >= 11 is 0. The molecular formula is C5H6N8O2. The van der Waals surface area contributed by atoms with Gasteiger partial charge in [-0.05, 0) is 0 Å². The maximum Gasteiger partial charge on any atom is 0.357 e. The second-order valence-corrected chi connectivity index (χ2v) is 2.67. The molecule has 0 spiro atoms. The van der Waals surface area contributed by atoms with E-state index in [0.29, 0.717) is 0 Å². The highest BCUT2D eigenvalue weighted by Gasteiger charge is 2.24. The van der Waals surface area contributed by atoms with E-state index >= 15 is 0 Å². The molecule has 2 heterocycles. The number of aromatic nitrogens is 4. The second kappa shape index (κ2) is 2.67. The van der Waals surface area contributed by atoms with E-state index in [1.54, 1.807) is 0 Å². The highest BCUT2D eigenvalue weighted by atomic mass is 16.6. The lowest BCUT2D eigenvalue weighted by molar-refractivity contribution is -0.382. The number of rotatable bonds is 1. The van der Waals surface area contributed by atoms with E-state index in [1.165, 1.54) is 0 Å². The molecule has 0 unspecified atom stereocenters. The van der Waals surface area contributed by atoms with Gasteiger partial charge < -0.3 is 17.2 Å². The lowest BCUT2D eigenvalue weighted by Gasteiger charge is -1.96. The Morgan fingerprint density at radius 2 is 1.93 bits per heavy atom. The average molecular weight is 210 g/mol. The molecule has 15 heavy (non-hydrogen) atoms. The van der Waals surface area contributed by atoms with E-state index < -0.39 is 10.6 Å². The molecule has 0 saturated carbocycles. The van der Waals surface area contributed by atoms with Crippen LogP contribution in [0.4, 0.5) is 23.4 Å². The Balaban J connectivity index is 2.93. The van der Waals surface area contributed by atoms with Crippen molar-refractivity contribution < 1.29 is 4.92 Å². The van der Waals surface area contributed by atoms with Crippen molar-refractivity contribution in [3.63, 3.8) is 0 Å². The monoisotopic (exact) mass is 210 g/mol. The van der Waals surface area contributed by atoms with Crippen molar-refractivity contribution in [2.24, 2.45) is 0 Å². The molecule has 0 saturated heterocycles. The van der Waals surface area contributed by atoms with Crippen molar-refractivity contribution in [3.8, 4) is 0 Å². The minimum Gasteiger partial charge on any atom is -0.376 e. The molecule has 0 radical (unpaired) electrons. The van der Waals surface area contributed by atoms with Gasteiger partial charge in [-0.25, -0.2) is 0 Å². The van der Waals surface area contributed by atoms with Crippen molar-refractivity contribution in [2.75, 3.05) is 17.2 Å². The van der Waals surface area contributed by atoms with Crippen LogP contribution in [0.2, 0.25) is 0 Å². The molecule has 0 aliphatic carbocycles. The first-order valence-corrected chi connectivity index (χ1v) is 3.72. The summed E-state index contributed by atoms with van der Waals surface area (Å²) in [5.74, 6) is -0.577. The smallest absolute Gasteiger partial charge is 0.357 e. The normalized spacial score (nSPS) is 10.7. The zero-order valence-electron chi connectivity index (χ0n) is 7.28. The van der Waals surface area contributed by atoms with E-state index in [4.69, 9.17) is 17.2 Å². The van der Waals surface area contributed by atoms with E-state index in [9.17, 15) is 10.1 Å². The molecule has 6 N–H and O–H groups in total. The summed E-state index contributed by atoms with van der Waals surface area (Å²) in [5.41, 5.74) is 15.5. The number of nitrogens with zero attached hydrogens (tertiary/aromatic N) is 5. The Hall–Kier alpha value is -2.65. The second-order valence-electron chi connectivity index (χ2n) is 2.67. The van der Waals surface area contributed by atoms with Crippen molar-refractivity contribution in [2.45, 2.75) is 0 Å². The standard InChI is InChI=1S/C5H6N8O2/c6-2-1(13(14)15)3-9-4(7)10-5(8)12(3)11-2/h(H2,6,11)(H4,7,8,9,10). The van der Waals surface area contributed by atoms with Crippen LogP contribution in [0.1, 0.15) is 0 Å². The molecule has 0 aliphatic rings. The topological polar surface area (TPSA) is 164 Å². The van der Waals surface area contributed by atoms with Gasteiger partial charge in [-0.1, -0.05) is 0 Å². The van der Waals surface area contributed by atoms with Gasteiger partial charge in [0.2, 0.25) is 23.4 Å². The van der Waals surface area contributed by atoms with Crippen LogP contribution in [0.25, 0.3) is 5.65 Å². The predicted octanol–water partition coefficient (Wildman–Crippen LogP) is -1.22. The molecule has 0 bridgehead atoms. The zero-order valence-corrected chi connectivity index (χ0v) is 7.28. The first-order valence-electron chi connectivity index (χ1n) is 3.72. The molecule has 2 aromatic heterocycles. The molecule has 0 aliphatic heterocycles. The number of fused-ring (bicyclic) bond motifs is 1. The first kappa shape index (κ1) is 8.93. The summed E-state index contributed by atoms with van der Waals surface area (Å²) in [5, 5.41) is 14.3. The summed E-state index contributed by atoms with van der Waals surface area (Å²) in [4.78, 5) is 17.2. The average Bonchev–Trinajstić information content (AvgIpc) is 2.41. The van der Waals surface area contributed by atoms with Crippen molar-refractivity contribution >= 4 is 29.0 Å². The molecule has 0 aromatic carbocycles. The summed E-state index contributed by atoms with van der Waals surface area (Å²) in [7, 11) is 0. The minimum absolute atomic E-state index is 0.114. The number of hydrogen-bond acceptors (Lipinski definition) is 8. The minimum atomic E-state index is -0.705. The molecule has 10 nitrogen and oxygen atoms in total. The van der Waals surface area contributed by atoms with Gasteiger partial charge in [-0.3, -0.25) is 10.1 Å². The van der Waals surface area contributed by atoms with Crippen LogP contribution in [-0.2, 0) is 0 Å². The van der Waals surface area contributed by atoms with Gasteiger partial charge in [0.25, 0.3) is 0 Å². The van der Waals surface area contributed by atoms with Crippen molar-refractivity contribution in [1.82, 2.24) is 19.6 Å². The first-order chi connectivity index (χ1) is 7.00. The maximum absolute atomic E-state index is 10.6. The van der Waals surface area contributed by atoms with Crippen LogP contribution in [0.5, 0.6) is 0 Å². The third kappa shape index (κ3) is 1.15. The van der Waals surface area contributed by atoms with Gasteiger partial charge in [0.05, 0.1) is 4.92 Å². The third-order valence-corrected chi connectivity index (χ3v) is 1.71. The largest absolute Gasteiger partial charge is 0.376 e. The predicted molar refractivity (Wildman–Crippen MR) is 50.7 cm³/mol. The van der Waals surface area contributed by atoms with Crippen LogP contribution < -0.4 is 17.2 Å². The van der Waals surface area contributed by atoms with E-state index in [1.807, 2.05) is 0 Å². The molecule has 0 fully saturated rings. The Morgan fingerprint density at radius 1 is 1.27 bits per heavy atom. The molecule has 10 heteroatoms. The summed E-state index contributed by atoms with van der Waals surface area (Å²) in [6, 6.07) is 0. The van der Waals surface area contributed by atoms with Gasteiger partial charge in [0.15, 0.2) is 0 Å². The van der Waals surface area contributed by atoms with E-state index in [0.717, 1.165) is 4.52 Å². The lowest BCUT2D eigenvalue weighted by Crippen LogP contribution is -2.07. The van der Waals surface area contributed by atoms with Gasteiger partial charge in [-0.2, -0.15) is 14.5 Å². The summed E-state index contributed by atoms with van der Waals surface area (Å²) in [6.45, 7) is 0. The lowest BCUT2D eigenvalue weighted by atomic mass is 10.5. The third-order valence-electron chi connectivity index (χ3n) is 1.71. The van der Waals surface area contributed by atoms with Gasteiger partial charge in [0.1, 0.15) is 0 Å². The highest BCUT2D eigenvalue weighted by molar-refractivity contribution is 5.73. The molecule has 78 valence electrons. The number of nitrogen functional groups attached to an aromatic ring is 3. The molecule has 2 rings (SSSR count). The zero-order chi connectivity index (χ0) is 11.2. The molecule has 0 amide bonds. The Kier molecular flexibility index (Phi) is 1.59. The van der Waals surface area contributed by atoms with Gasteiger partial charge in [-0.15, -0.1) is 5.10 Å². The fraction of sp³-hybridized carbons (Fsp3) is 0. The van der Waals surface area contributed by atoms with Crippen LogP contribution in [-0.4, -0.2) is 24.5 Å². The molecule has 0 atom stereocenters. The van der Waals surface area contributed by atoms with Crippen LogP contribution in [0.15, 0.2) is 0 Å². The number of nitro groups is 1. The SMILES string of the molecule is Nc1nc(N)n2nc(N)c([N+](=O)[O-])c2n1.